The third kappa shape index (κ3) is 5.59. The molecule has 0 spiro atoms. The smallest absolute Gasteiger partial charge is 0.245 e. The molecule has 128 valence electrons. The summed E-state index contributed by atoms with van der Waals surface area (Å²) in [5.74, 6) is 0.433. The first kappa shape index (κ1) is 18.9. The van der Waals surface area contributed by atoms with Gasteiger partial charge < -0.3 is 15.5 Å². The van der Waals surface area contributed by atoms with Crippen LogP contribution in [0, 0.1) is 11.3 Å². The van der Waals surface area contributed by atoms with E-state index in [-0.39, 0.29) is 23.3 Å². The first-order chi connectivity index (χ1) is 10.1. The zero-order chi connectivity index (χ0) is 16.9. The van der Waals surface area contributed by atoms with Crippen molar-refractivity contribution in [3.63, 3.8) is 0 Å². The van der Waals surface area contributed by atoms with Gasteiger partial charge in [0.15, 0.2) is 0 Å². The summed E-state index contributed by atoms with van der Waals surface area (Å²) in [6.45, 7) is 14.4. The van der Waals surface area contributed by atoms with Crippen molar-refractivity contribution in [3.05, 3.63) is 0 Å². The van der Waals surface area contributed by atoms with Crippen LogP contribution in [0.4, 0.5) is 0 Å². The number of hydrogen-bond acceptors (Lipinski definition) is 3. The number of carbonyl (C=O) groups is 2. The van der Waals surface area contributed by atoms with Crippen molar-refractivity contribution in [1.29, 1.82) is 0 Å². The molecular formula is C17H33N3O2. The van der Waals surface area contributed by atoms with E-state index in [9.17, 15) is 9.59 Å². The Hall–Kier alpha value is -1.10. The van der Waals surface area contributed by atoms with E-state index in [1.54, 1.807) is 0 Å². The minimum Gasteiger partial charge on any atom is -0.342 e. The Labute approximate surface area is 135 Å². The van der Waals surface area contributed by atoms with Gasteiger partial charge in [0, 0.05) is 13.1 Å². The van der Waals surface area contributed by atoms with Gasteiger partial charge >= 0.3 is 0 Å². The highest BCUT2D eigenvalue weighted by molar-refractivity contribution is 5.90. The molecule has 5 nitrogen and oxygen atoms in total. The van der Waals surface area contributed by atoms with Crippen LogP contribution in [0.25, 0.3) is 0 Å². The van der Waals surface area contributed by atoms with Crippen LogP contribution < -0.4 is 10.6 Å². The third-order valence-corrected chi connectivity index (χ3v) is 4.04. The van der Waals surface area contributed by atoms with Gasteiger partial charge in [-0.3, -0.25) is 9.59 Å². The number of nitrogens with zero attached hydrogens (tertiary/aromatic N) is 1. The molecule has 0 radical (unpaired) electrons. The molecule has 1 saturated heterocycles. The van der Waals surface area contributed by atoms with E-state index in [0.717, 1.165) is 32.5 Å². The van der Waals surface area contributed by atoms with Gasteiger partial charge in [-0.1, -0.05) is 34.6 Å². The van der Waals surface area contributed by atoms with E-state index in [0.29, 0.717) is 5.92 Å². The van der Waals surface area contributed by atoms with E-state index in [1.165, 1.54) is 0 Å². The molecule has 2 unspecified atom stereocenters. The normalized spacial score (nSPS) is 18.4. The monoisotopic (exact) mass is 311 g/mol. The largest absolute Gasteiger partial charge is 0.342 e. The van der Waals surface area contributed by atoms with Crippen molar-refractivity contribution >= 4 is 11.8 Å². The molecule has 0 aromatic carbocycles. The van der Waals surface area contributed by atoms with Crippen molar-refractivity contribution < 1.29 is 9.59 Å². The Morgan fingerprint density at radius 1 is 1.09 bits per heavy atom. The highest BCUT2D eigenvalue weighted by atomic mass is 16.2. The summed E-state index contributed by atoms with van der Waals surface area (Å²) >= 11 is 0. The van der Waals surface area contributed by atoms with Crippen LogP contribution in [-0.2, 0) is 9.59 Å². The fraction of sp³-hybridized carbons (Fsp3) is 0.882. The molecule has 1 heterocycles. The van der Waals surface area contributed by atoms with Gasteiger partial charge in [0.1, 0.15) is 6.04 Å². The molecule has 2 atom stereocenters. The highest BCUT2D eigenvalue weighted by Gasteiger charge is 2.37. The molecule has 0 bridgehead atoms. The molecule has 22 heavy (non-hydrogen) atoms. The Morgan fingerprint density at radius 2 is 1.64 bits per heavy atom. The van der Waals surface area contributed by atoms with Crippen molar-refractivity contribution in [1.82, 2.24) is 15.5 Å². The zero-order valence-corrected chi connectivity index (χ0v) is 15.0. The fourth-order valence-electron chi connectivity index (χ4n) is 2.54. The van der Waals surface area contributed by atoms with E-state index < -0.39 is 6.04 Å². The SMILES string of the molecule is CC(C)CNC(C)C(=O)NC(C(=O)N1CCCC1)C(C)(C)C. The number of hydrogen-bond donors (Lipinski definition) is 2. The Morgan fingerprint density at radius 3 is 2.09 bits per heavy atom. The highest BCUT2D eigenvalue weighted by Crippen LogP contribution is 2.23. The van der Waals surface area contributed by atoms with Gasteiger partial charge in [0.05, 0.1) is 6.04 Å². The van der Waals surface area contributed by atoms with E-state index in [2.05, 4.69) is 24.5 Å². The quantitative estimate of drug-likeness (QED) is 0.786. The summed E-state index contributed by atoms with van der Waals surface area (Å²) in [5, 5.41) is 6.17. The lowest BCUT2D eigenvalue weighted by Gasteiger charge is -2.34. The van der Waals surface area contributed by atoms with Gasteiger partial charge in [-0.05, 0) is 37.6 Å². The predicted molar refractivity (Wildman–Crippen MR) is 89.5 cm³/mol. The minimum atomic E-state index is -0.471. The standard InChI is InChI=1S/C17H33N3O2/c1-12(2)11-18-13(3)15(21)19-14(17(4,5)6)16(22)20-9-7-8-10-20/h12-14,18H,7-11H2,1-6H3,(H,19,21). The average Bonchev–Trinajstić information content (AvgIpc) is 2.93. The second kappa shape index (κ2) is 7.95. The molecule has 0 aromatic rings. The average molecular weight is 311 g/mol. The first-order valence-corrected chi connectivity index (χ1v) is 8.45. The molecule has 1 rings (SSSR count). The molecule has 1 aliphatic heterocycles. The van der Waals surface area contributed by atoms with Gasteiger partial charge in [-0.2, -0.15) is 0 Å². The molecule has 0 saturated carbocycles. The third-order valence-electron chi connectivity index (χ3n) is 4.04. The zero-order valence-electron chi connectivity index (χ0n) is 15.0. The number of amides is 2. The maximum absolute atomic E-state index is 12.7. The van der Waals surface area contributed by atoms with Gasteiger partial charge in [-0.25, -0.2) is 0 Å². The van der Waals surface area contributed by atoms with Crippen molar-refractivity contribution in [2.45, 2.75) is 66.5 Å². The topological polar surface area (TPSA) is 61.4 Å². The number of carbonyl (C=O) groups excluding carboxylic acids is 2. The van der Waals surface area contributed by atoms with Crippen LogP contribution in [0.1, 0.15) is 54.4 Å². The molecular weight excluding hydrogens is 278 g/mol. The Kier molecular flexibility index (Phi) is 6.85. The lowest BCUT2D eigenvalue weighted by molar-refractivity contribution is -0.139. The molecule has 1 aliphatic rings. The van der Waals surface area contributed by atoms with Gasteiger partial charge in [0.2, 0.25) is 11.8 Å². The lowest BCUT2D eigenvalue weighted by Crippen LogP contribution is -2.57. The lowest BCUT2D eigenvalue weighted by atomic mass is 9.85. The Balaban J connectivity index is 2.68. The maximum atomic E-state index is 12.7. The summed E-state index contributed by atoms with van der Waals surface area (Å²) < 4.78 is 0. The van der Waals surface area contributed by atoms with Crippen molar-refractivity contribution in [2.24, 2.45) is 11.3 Å². The van der Waals surface area contributed by atoms with Gasteiger partial charge in [-0.15, -0.1) is 0 Å². The van der Waals surface area contributed by atoms with Crippen LogP contribution in [0.3, 0.4) is 0 Å². The van der Waals surface area contributed by atoms with Crippen molar-refractivity contribution in [2.75, 3.05) is 19.6 Å². The second-order valence-electron chi connectivity index (χ2n) is 7.86. The second-order valence-corrected chi connectivity index (χ2v) is 7.86. The summed E-state index contributed by atoms with van der Waals surface area (Å²) in [6, 6.07) is -0.764. The van der Waals surface area contributed by atoms with Crippen LogP contribution >= 0.6 is 0 Å². The number of likely N-dealkylation sites (tertiary alicyclic amines) is 1. The van der Waals surface area contributed by atoms with Crippen LogP contribution in [-0.4, -0.2) is 48.4 Å². The molecule has 2 amide bonds. The number of rotatable bonds is 6. The Bertz CT molecular complexity index is 382. The first-order valence-electron chi connectivity index (χ1n) is 8.45. The maximum Gasteiger partial charge on any atom is 0.245 e. The van der Waals surface area contributed by atoms with Crippen molar-refractivity contribution in [3.8, 4) is 0 Å². The van der Waals surface area contributed by atoms with E-state index >= 15 is 0 Å². The number of nitrogens with one attached hydrogen (secondary N) is 2. The van der Waals surface area contributed by atoms with Crippen LogP contribution in [0.5, 0.6) is 0 Å². The summed E-state index contributed by atoms with van der Waals surface area (Å²) in [5.41, 5.74) is -0.299. The van der Waals surface area contributed by atoms with Gasteiger partial charge in [0.25, 0.3) is 0 Å². The molecule has 1 fully saturated rings. The van der Waals surface area contributed by atoms with Crippen LogP contribution in [0.2, 0.25) is 0 Å². The predicted octanol–water partition coefficient (Wildman–Crippen LogP) is 1.77. The molecule has 5 heteroatoms. The van der Waals surface area contributed by atoms with E-state index in [1.807, 2.05) is 32.6 Å². The van der Waals surface area contributed by atoms with E-state index in [4.69, 9.17) is 0 Å². The molecule has 0 aromatic heterocycles. The minimum absolute atomic E-state index is 0.0504. The molecule has 2 N–H and O–H groups in total. The fourth-order valence-corrected chi connectivity index (χ4v) is 2.54. The summed E-state index contributed by atoms with van der Waals surface area (Å²) in [6.07, 6.45) is 2.12. The molecule has 0 aliphatic carbocycles. The van der Waals surface area contributed by atoms with Crippen LogP contribution in [0.15, 0.2) is 0 Å². The summed E-state index contributed by atoms with van der Waals surface area (Å²) in [4.78, 5) is 27.0. The summed E-state index contributed by atoms with van der Waals surface area (Å²) in [7, 11) is 0.